The van der Waals surface area contributed by atoms with E-state index in [1.807, 2.05) is 0 Å². The van der Waals surface area contributed by atoms with Gasteiger partial charge in [-0.25, -0.2) is 0 Å². The van der Waals surface area contributed by atoms with Gasteiger partial charge in [0.25, 0.3) is 0 Å². The minimum Gasteiger partial charge on any atom is -0.380 e. The van der Waals surface area contributed by atoms with E-state index in [-0.39, 0.29) is 5.41 Å². The van der Waals surface area contributed by atoms with Crippen molar-refractivity contribution < 1.29 is 18.9 Å². The first kappa shape index (κ1) is 32.7. The number of rotatable bonds is 28. The minimum absolute atomic E-state index is 0.104. The molecule has 0 unspecified atom stereocenters. The molecule has 8 heteroatoms. The molecule has 4 N–H and O–H groups in total. The van der Waals surface area contributed by atoms with Crippen LogP contribution in [0.3, 0.4) is 0 Å². The van der Waals surface area contributed by atoms with Crippen LogP contribution in [0.4, 0.5) is 0 Å². The number of ether oxygens (including phenoxy) is 4. The third-order valence-electron chi connectivity index (χ3n) is 5.80. The van der Waals surface area contributed by atoms with Crippen molar-refractivity contribution in [3.63, 3.8) is 0 Å². The summed E-state index contributed by atoms with van der Waals surface area (Å²) < 4.78 is 23.8. The molecule has 33 heavy (non-hydrogen) atoms. The minimum atomic E-state index is 0.104. The quantitative estimate of drug-likeness (QED) is 0.128. The van der Waals surface area contributed by atoms with Gasteiger partial charge in [0.2, 0.25) is 0 Å². The summed E-state index contributed by atoms with van der Waals surface area (Å²) in [5, 5.41) is 13.3. The fourth-order valence-corrected chi connectivity index (χ4v) is 3.60. The molecular formula is C25H56N4O4. The van der Waals surface area contributed by atoms with Gasteiger partial charge in [-0.05, 0) is 57.3 Å². The Labute approximate surface area is 204 Å². The maximum atomic E-state index is 5.95. The fraction of sp³-hybridized carbons (Fsp3) is 1.00. The molecule has 0 fully saturated rings. The van der Waals surface area contributed by atoms with Gasteiger partial charge >= 0.3 is 0 Å². The molecule has 0 aliphatic carbocycles. The topological polar surface area (TPSA) is 85.0 Å². The van der Waals surface area contributed by atoms with E-state index in [0.29, 0.717) is 0 Å². The number of likely N-dealkylation sites (N-methyl/N-ethyl adjacent to an activating group) is 4. The maximum absolute atomic E-state index is 5.95. The van der Waals surface area contributed by atoms with Crippen LogP contribution in [0, 0.1) is 5.41 Å². The average molecular weight is 477 g/mol. The van der Waals surface area contributed by atoms with Crippen LogP contribution < -0.4 is 21.3 Å². The first-order chi connectivity index (χ1) is 16.2. The van der Waals surface area contributed by atoms with Crippen LogP contribution in [0.5, 0.6) is 0 Å². The molecule has 0 rings (SSSR count). The summed E-state index contributed by atoms with van der Waals surface area (Å²) in [4.78, 5) is 0. The Bertz CT molecular complexity index is 309. The van der Waals surface area contributed by atoms with Crippen LogP contribution in [0.15, 0.2) is 0 Å². The summed E-state index contributed by atoms with van der Waals surface area (Å²) in [7, 11) is 0. The highest BCUT2D eigenvalue weighted by atomic mass is 16.5. The molecule has 0 saturated carbocycles. The third-order valence-corrected chi connectivity index (χ3v) is 5.80. The second-order valence-corrected chi connectivity index (χ2v) is 8.36. The normalized spacial score (nSPS) is 12.0. The molecule has 0 atom stereocenters. The Hall–Kier alpha value is -0.320. The van der Waals surface area contributed by atoms with Gasteiger partial charge in [0, 0.05) is 52.6 Å². The second kappa shape index (κ2) is 26.3. The standard InChI is InChI=1S/C25H56N4O4/c1-5-26-13-21-30-17-9-25(10-18-31-22-14-27-6-2,11-19-32-23-15-28-7-3)12-20-33-24-16-29-8-4/h26-29H,5-24H2,1-4H3. The Kier molecular flexibility index (Phi) is 26.0. The molecular weight excluding hydrogens is 420 g/mol. The lowest BCUT2D eigenvalue weighted by molar-refractivity contribution is 0.00902. The monoisotopic (exact) mass is 476 g/mol. The van der Waals surface area contributed by atoms with Crippen LogP contribution in [0.2, 0.25) is 0 Å². The van der Waals surface area contributed by atoms with Crippen molar-refractivity contribution in [2.45, 2.75) is 53.4 Å². The van der Waals surface area contributed by atoms with E-state index < -0.39 is 0 Å². The summed E-state index contributed by atoms with van der Waals surface area (Å²) in [6.45, 7) is 22.0. The van der Waals surface area contributed by atoms with E-state index in [2.05, 4.69) is 49.0 Å². The van der Waals surface area contributed by atoms with E-state index in [4.69, 9.17) is 18.9 Å². The molecule has 0 aromatic carbocycles. The van der Waals surface area contributed by atoms with Crippen molar-refractivity contribution in [2.24, 2.45) is 5.41 Å². The molecule has 0 aromatic rings. The smallest absolute Gasteiger partial charge is 0.0590 e. The highest BCUT2D eigenvalue weighted by molar-refractivity contribution is 4.80. The third kappa shape index (κ3) is 21.9. The molecule has 0 saturated heterocycles. The van der Waals surface area contributed by atoms with E-state index in [1.54, 1.807) is 0 Å². The molecule has 0 amide bonds. The lowest BCUT2D eigenvalue weighted by atomic mass is 9.76. The van der Waals surface area contributed by atoms with Crippen molar-refractivity contribution >= 4 is 0 Å². The summed E-state index contributed by atoms with van der Waals surface area (Å²) >= 11 is 0. The van der Waals surface area contributed by atoms with Crippen LogP contribution in [-0.2, 0) is 18.9 Å². The zero-order valence-corrected chi connectivity index (χ0v) is 22.3. The van der Waals surface area contributed by atoms with Crippen LogP contribution in [0.25, 0.3) is 0 Å². The van der Waals surface area contributed by atoms with Crippen molar-refractivity contribution in [3.8, 4) is 0 Å². The van der Waals surface area contributed by atoms with Gasteiger partial charge in [-0.1, -0.05) is 27.7 Å². The largest absolute Gasteiger partial charge is 0.380 e. The highest BCUT2D eigenvalue weighted by Gasteiger charge is 2.29. The average Bonchev–Trinajstić information content (AvgIpc) is 2.83. The number of hydrogen-bond acceptors (Lipinski definition) is 8. The molecule has 0 aromatic heterocycles. The fourth-order valence-electron chi connectivity index (χ4n) is 3.60. The van der Waals surface area contributed by atoms with Gasteiger partial charge in [0.1, 0.15) is 0 Å². The second-order valence-electron chi connectivity index (χ2n) is 8.36. The first-order valence-electron chi connectivity index (χ1n) is 13.4. The molecule has 0 heterocycles. The molecule has 0 bridgehead atoms. The molecule has 0 aliphatic heterocycles. The predicted octanol–water partition coefficient (Wildman–Crippen LogP) is 2.04. The summed E-state index contributed by atoms with van der Waals surface area (Å²) in [6.07, 6.45) is 4.01. The van der Waals surface area contributed by atoms with Gasteiger partial charge in [-0.15, -0.1) is 0 Å². The molecule has 0 radical (unpaired) electrons. The van der Waals surface area contributed by atoms with Crippen LogP contribution >= 0.6 is 0 Å². The first-order valence-corrected chi connectivity index (χ1v) is 13.4. The highest BCUT2D eigenvalue weighted by Crippen LogP contribution is 2.35. The number of hydrogen-bond donors (Lipinski definition) is 4. The van der Waals surface area contributed by atoms with Gasteiger partial charge in [-0.3, -0.25) is 0 Å². The predicted molar refractivity (Wildman–Crippen MR) is 138 cm³/mol. The number of nitrogens with one attached hydrogen (secondary N) is 4. The Morgan fingerprint density at radius 1 is 0.394 bits per heavy atom. The van der Waals surface area contributed by atoms with Gasteiger partial charge in [-0.2, -0.15) is 0 Å². The molecule has 0 aliphatic rings. The van der Waals surface area contributed by atoms with Gasteiger partial charge in [0.05, 0.1) is 26.4 Å². The van der Waals surface area contributed by atoms with E-state index >= 15 is 0 Å². The molecule has 0 spiro atoms. The lowest BCUT2D eigenvalue weighted by Crippen LogP contribution is -2.31. The van der Waals surface area contributed by atoms with Crippen molar-refractivity contribution in [2.75, 3.05) is 105 Å². The van der Waals surface area contributed by atoms with Crippen LogP contribution in [0.1, 0.15) is 53.4 Å². The van der Waals surface area contributed by atoms with E-state index in [0.717, 1.165) is 131 Å². The summed E-state index contributed by atoms with van der Waals surface area (Å²) in [5.74, 6) is 0. The SMILES string of the molecule is CCNCCOCCC(CCOCCNCC)(CCOCCNCC)CCOCCNCC. The molecule has 8 nitrogen and oxygen atoms in total. The Balaban J connectivity index is 4.74. The zero-order valence-electron chi connectivity index (χ0n) is 22.3. The summed E-state index contributed by atoms with van der Waals surface area (Å²) in [6, 6.07) is 0. The van der Waals surface area contributed by atoms with Crippen molar-refractivity contribution in [3.05, 3.63) is 0 Å². The molecule has 200 valence electrons. The van der Waals surface area contributed by atoms with Gasteiger partial charge in [0.15, 0.2) is 0 Å². The Morgan fingerprint density at radius 3 is 0.848 bits per heavy atom. The lowest BCUT2D eigenvalue weighted by Gasteiger charge is -2.34. The van der Waals surface area contributed by atoms with Gasteiger partial charge < -0.3 is 40.2 Å². The van der Waals surface area contributed by atoms with E-state index in [9.17, 15) is 0 Å². The Morgan fingerprint density at radius 2 is 0.636 bits per heavy atom. The van der Waals surface area contributed by atoms with Crippen LogP contribution in [-0.4, -0.2) is 105 Å². The zero-order chi connectivity index (χ0) is 24.3. The van der Waals surface area contributed by atoms with Crippen molar-refractivity contribution in [1.29, 1.82) is 0 Å². The summed E-state index contributed by atoms with van der Waals surface area (Å²) in [5.41, 5.74) is 0.104. The maximum Gasteiger partial charge on any atom is 0.0590 e. The van der Waals surface area contributed by atoms with Crippen molar-refractivity contribution in [1.82, 2.24) is 21.3 Å². The van der Waals surface area contributed by atoms with E-state index in [1.165, 1.54) is 0 Å².